The number of hydrogen-bond acceptors (Lipinski definition) is 4. The molecule has 2 aromatic rings. The number of terminal acetylenes is 1. The summed E-state index contributed by atoms with van der Waals surface area (Å²) in [6.45, 7) is 5.73. The van der Waals surface area contributed by atoms with Crippen LogP contribution in [0.2, 0.25) is 0 Å². The van der Waals surface area contributed by atoms with Crippen LogP contribution >= 0.6 is 0 Å². The normalized spacial score (nSPS) is 10.4. The summed E-state index contributed by atoms with van der Waals surface area (Å²) in [6.07, 6.45) is 9.03. The molecule has 2 rings (SSSR count). The molecular formula is C24H22N2O3. The molecule has 1 N–H and O–H groups in total. The quantitative estimate of drug-likeness (QED) is 0.318. The first-order valence-electron chi connectivity index (χ1n) is 8.90. The summed E-state index contributed by atoms with van der Waals surface area (Å²) in [5, 5.41) is 12.3. The lowest BCUT2D eigenvalue weighted by atomic mass is 10.0. The Morgan fingerprint density at radius 1 is 1.34 bits per heavy atom. The van der Waals surface area contributed by atoms with Crippen LogP contribution in [0.3, 0.4) is 0 Å². The molecule has 0 aliphatic carbocycles. The van der Waals surface area contributed by atoms with E-state index in [-0.39, 0.29) is 12.2 Å². The van der Waals surface area contributed by atoms with Crippen LogP contribution in [0, 0.1) is 30.6 Å². The van der Waals surface area contributed by atoms with Crippen molar-refractivity contribution in [1.29, 1.82) is 5.26 Å². The Kier molecular flexibility index (Phi) is 7.65. The van der Waals surface area contributed by atoms with Crippen molar-refractivity contribution >= 4 is 17.7 Å². The zero-order valence-electron chi connectivity index (χ0n) is 16.5. The number of amides is 1. The molecule has 146 valence electrons. The van der Waals surface area contributed by atoms with Crippen molar-refractivity contribution in [3.63, 3.8) is 0 Å². The Labute approximate surface area is 171 Å². The average molecular weight is 386 g/mol. The highest BCUT2D eigenvalue weighted by Gasteiger charge is 2.15. The lowest BCUT2D eigenvalue weighted by Crippen LogP contribution is -2.14. The van der Waals surface area contributed by atoms with Crippen molar-refractivity contribution in [2.45, 2.75) is 13.3 Å². The van der Waals surface area contributed by atoms with Crippen LogP contribution in [-0.4, -0.2) is 19.6 Å². The van der Waals surface area contributed by atoms with Gasteiger partial charge in [-0.3, -0.25) is 4.79 Å². The molecule has 0 bridgehead atoms. The van der Waals surface area contributed by atoms with E-state index < -0.39 is 5.91 Å². The van der Waals surface area contributed by atoms with Crippen molar-refractivity contribution in [3.8, 4) is 29.9 Å². The van der Waals surface area contributed by atoms with Crippen molar-refractivity contribution in [2.24, 2.45) is 0 Å². The van der Waals surface area contributed by atoms with E-state index in [1.807, 2.05) is 37.3 Å². The number of methoxy groups -OCH3 is 1. The monoisotopic (exact) mass is 386 g/mol. The Bertz CT molecular complexity index is 1020. The zero-order chi connectivity index (χ0) is 21.2. The lowest BCUT2D eigenvalue weighted by molar-refractivity contribution is -0.112. The van der Waals surface area contributed by atoms with Crippen molar-refractivity contribution in [2.75, 3.05) is 19.0 Å². The fraction of sp³-hybridized carbons (Fsp3) is 0.167. The summed E-state index contributed by atoms with van der Waals surface area (Å²) in [7, 11) is 1.51. The van der Waals surface area contributed by atoms with Crippen LogP contribution in [0.5, 0.6) is 11.5 Å². The third-order valence-corrected chi connectivity index (χ3v) is 4.11. The number of para-hydroxylation sites is 1. The molecular weight excluding hydrogens is 364 g/mol. The summed E-state index contributed by atoms with van der Waals surface area (Å²) in [5.74, 6) is 2.92. The molecule has 1 amide bonds. The molecule has 2 aromatic carbocycles. The second-order valence-corrected chi connectivity index (χ2v) is 6.14. The first kappa shape index (κ1) is 21.3. The number of carbonyl (C=O) groups excluding carboxylic acids is 1. The van der Waals surface area contributed by atoms with E-state index in [0.29, 0.717) is 29.2 Å². The molecule has 0 aromatic heterocycles. The molecule has 0 fully saturated rings. The van der Waals surface area contributed by atoms with Gasteiger partial charge in [0.15, 0.2) is 11.5 Å². The summed E-state index contributed by atoms with van der Waals surface area (Å²) in [5.41, 5.74) is 2.95. The minimum atomic E-state index is -0.487. The minimum absolute atomic E-state index is 0.0304. The van der Waals surface area contributed by atoms with Crippen molar-refractivity contribution in [3.05, 3.63) is 71.3 Å². The van der Waals surface area contributed by atoms with Gasteiger partial charge in [0.05, 0.1) is 7.11 Å². The Morgan fingerprint density at radius 2 is 2.10 bits per heavy atom. The summed E-state index contributed by atoms with van der Waals surface area (Å²) in [4.78, 5) is 12.6. The third-order valence-electron chi connectivity index (χ3n) is 4.11. The summed E-state index contributed by atoms with van der Waals surface area (Å²) in [6, 6.07) is 12.8. The molecule has 0 atom stereocenters. The SMILES string of the molecule is C#CCOc1c(CC=C)cc(/C=C(\C#N)C(=O)Nc2ccccc2C)cc1OC. The van der Waals surface area contributed by atoms with E-state index in [4.69, 9.17) is 15.9 Å². The molecule has 0 saturated heterocycles. The molecule has 0 radical (unpaired) electrons. The minimum Gasteiger partial charge on any atom is -0.493 e. The number of ether oxygens (including phenoxy) is 2. The number of anilines is 1. The Morgan fingerprint density at radius 3 is 2.72 bits per heavy atom. The molecule has 0 saturated carbocycles. The highest BCUT2D eigenvalue weighted by Crippen LogP contribution is 2.34. The number of nitrogens with one attached hydrogen (secondary N) is 1. The molecule has 0 aliphatic rings. The predicted molar refractivity (Wildman–Crippen MR) is 115 cm³/mol. The van der Waals surface area contributed by atoms with Gasteiger partial charge >= 0.3 is 0 Å². The number of rotatable bonds is 8. The number of carbonyl (C=O) groups is 1. The number of benzene rings is 2. The summed E-state index contributed by atoms with van der Waals surface area (Å²) >= 11 is 0. The fourth-order valence-corrected chi connectivity index (χ4v) is 2.72. The van der Waals surface area contributed by atoms with E-state index in [2.05, 4.69) is 17.8 Å². The van der Waals surface area contributed by atoms with Gasteiger partial charge in [-0.05, 0) is 48.7 Å². The van der Waals surface area contributed by atoms with Crippen LogP contribution < -0.4 is 14.8 Å². The number of allylic oxidation sites excluding steroid dienone is 1. The lowest BCUT2D eigenvalue weighted by Gasteiger charge is -2.14. The second kappa shape index (κ2) is 10.4. The molecule has 0 heterocycles. The van der Waals surface area contributed by atoms with E-state index in [1.54, 1.807) is 18.2 Å². The van der Waals surface area contributed by atoms with Gasteiger partial charge in [-0.25, -0.2) is 0 Å². The first-order chi connectivity index (χ1) is 14.0. The maximum atomic E-state index is 12.6. The van der Waals surface area contributed by atoms with E-state index in [1.165, 1.54) is 13.2 Å². The zero-order valence-corrected chi connectivity index (χ0v) is 16.5. The topological polar surface area (TPSA) is 71.3 Å². The maximum Gasteiger partial charge on any atom is 0.266 e. The number of nitrogens with zero attached hydrogens (tertiary/aromatic N) is 1. The van der Waals surface area contributed by atoms with Crippen molar-refractivity contribution < 1.29 is 14.3 Å². The highest BCUT2D eigenvalue weighted by atomic mass is 16.5. The van der Waals surface area contributed by atoms with Crippen LogP contribution in [0.25, 0.3) is 6.08 Å². The van der Waals surface area contributed by atoms with Gasteiger partial charge in [-0.2, -0.15) is 5.26 Å². The fourth-order valence-electron chi connectivity index (χ4n) is 2.72. The largest absolute Gasteiger partial charge is 0.493 e. The molecule has 5 heteroatoms. The second-order valence-electron chi connectivity index (χ2n) is 6.14. The Balaban J connectivity index is 2.41. The number of aryl methyl sites for hydroxylation is 1. The number of hydrogen-bond donors (Lipinski definition) is 1. The molecule has 5 nitrogen and oxygen atoms in total. The van der Waals surface area contributed by atoms with Gasteiger partial charge in [0.25, 0.3) is 5.91 Å². The van der Waals surface area contributed by atoms with Crippen LogP contribution in [0.15, 0.2) is 54.6 Å². The summed E-state index contributed by atoms with van der Waals surface area (Å²) < 4.78 is 11.0. The van der Waals surface area contributed by atoms with Gasteiger partial charge in [-0.15, -0.1) is 13.0 Å². The highest BCUT2D eigenvalue weighted by molar-refractivity contribution is 6.10. The van der Waals surface area contributed by atoms with Gasteiger partial charge in [0.2, 0.25) is 0 Å². The van der Waals surface area contributed by atoms with Gasteiger partial charge in [0.1, 0.15) is 18.2 Å². The van der Waals surface area contributed by atoms with Crippen molar-refractivity contribution in [1.82, 2.24) is 0 Å². The van der Waals surface area contributed by atoms with Gasteiger partial charge in [0, 0.05) is 11.3 Å². The molecule has 0 spiro atoms. The molecule has 0 unspecified atom stereocenters. The van der Waals surface area contributed by atoms with Gasteiger partial charge in [-0.1, -0.05) is 30.2 Å². The molecule has 0 aliphatic heterocycles. The first-order valence-corrected chi connectivity index (χ1v) is 8.90. The smallest absolute Gasteiger partial charge is 0.266 e. The maximum absolute atomic E-state index is 12.6. The predicted octanol–water partition coefficient (Wildman–Crippen LogP) is 4.29. The molecule has 29 heavy (non-hydrogen) atoms. The number of nitriles is 1. The van der Waals surface area contributed by atoms with Crippen LogP contribution in [-0.2, 0) is 11.2 Å². The van der Waals surface area contributed by atoms with Crippen LogP contribution in [0.4, 0.5) is 5.69 Å². The van der Waals surface area contributed by atoms with E-state index >= 15 is 0 Å². The van der Waals surface area contributed by atoms with Crippen LogP contribution in [0.1, 0.15) is 16.7 Å². The van der Waals surface area contributed by atoms with Gasteiger partial charge < -0.3 is 14.8 Å². The Hall–Kier alpha value is -3.96. The standard InChI is InChI=1S/C24H22N2O3/c1-5-9-19-13-18(15-22(28-4)23(19)29-12-6-2)14-20(16-25)24(27)26-21-11-8-7-10-17(21)3/h2,5,7-8,10-11,13-15H,1,9,12H2,3-4H3,(H,26,27)/b20-14+. The third kappa shape index (κ3) is 5.51. The average Bonchev–Trinajstić information content (AvgIpc) is 2.72. The van der Waals surface area contributed by atoms with E-state index in [0.717, 1.165) is 11.1 Å². The van der Waals surface area contributed by atoms with E-state index in [9.17, 15) is 10.1 Å².